The van der Waals surface area contributed by atoms with Crippen molar-refractivity contribution in [3.8, 4) is 11.3 Å². The van der Waals surface area contributed by atoms with Gasteiger partial charge >= 0.3 is 0 Å². The number of aromatic nitrogens is 2. The van der Waals surface area contributed by atoms with Crippen molar-refractivity contribution >= 4 is 17.2 Å². The fourth-order valence-corrected chi connectivity index (χ4v) is 2.92. The largest absolute Gasteiger partial charge is 0.378 e. The Labute approximate surface area is 150 Å². The zero-order valence-electron chi connectivity index (χ0n) is 15.9. The van der Waals surface area contributed by atoms with E-state index in [0.29, 0.717) is 5.92 Å². The Hall–Kier alpha value is -2.49. The van der Waals surface area contributed by atoms with E-state index in [4.69, 9.17) is 4.98 Å². The Morgan fingerprint density at radius 3 is 2.44 bits per heavy atom. The van der Waals surface area contributed by atoms with Crippen LogP contribution < -0.4 is 10.2 Å². The van der Waals surface area contributed by atoms with Crippen LogP contribution in [0.4, 0.5) is 11.5 Å². The summed E-state index contributed by atoms with van der Waals surface area (Å²) in [5, 5.41) is 3.62. The van der Waals surface area contributed by atoms with Crippen molar-refractivity contribution in [1.29, 1.82) is 0 Å². The molecule has 0 radical (unpaired) electrons. The standard InChI is InChI=1S/C21H28N4/c1-15(2)12-13-22-21-20(17-7-9-18(10-8-17)24(4)5)23-19-11-6-16(3)14-25(19)21/h6-11,14-15,22H,12-13H2,1-5H3. The average molecular weight is 336 g/mol. The summed E-state index contributed by atoms with van der Waals surface area (Å²) in [6.07, 6.45) is 3.29. The summed E-state index contributed by atoms with van der Waals surface area (Å²) in [7, 11) is 4.11. The zero-order valence-corrected chi connectivity index (χ0v) is 15.9. The number of nitrogens with zero attached hydrogens (tertiary/aromatic N) is 3. The van der Waals surface area contributed by atoms with E-state index in [9.17, 15) is 0 Å². The number of pyridine rings is 1. The molecule has 0 spiro atoms. The van der Waals surface area contributed by atoms with E-state index in [2.05, 4.69) is 92.1 Å². The molecule has 3 aromatic rings. The maximum Gasteiger partial charge on any atom is 0.139 e. The molecule has 0 amide bonds. The first kappa shape index (κ1) is 17.3. The molecule has 0 aliphatic carbocycles. The number of anilines is 2. The molecule has 2 aromatic heterocycles. The third kappa shape index (κ3) is 3.78. The molecule has 2 heterocycles. The molecule has 1 aromatic carbocycles. The van der Waals surface area contributed by atoms with Gasteiger partial charge in [-0.3, -0.25) is 4.40 Å². The van der Waals surface area contributed by atoms with Crippen molar-refractivity contribution in [2.24, 2.45) is 5.92 Å². The highest BCUT2D eigenvalue weighted by molar-refractivity contribution is 5.77. The van der Waals surface area contributed by atoms with Crippen molar-refractivity contribution in [2.75, 3.05) is 30.9 Å². The predicted octanol–water partition coefficient (Wildman–Crippen LogP) is 4.83. The predicted molar refractivity (Wildman–Crippen MR) is 108 cm³/mol. The van der Waals surface area contributed by atoms with Gasteiger partial charge in [-0.15, -0.1) is 0 Å². The Bertz CT molecular complexity index is 844. The molecule has 0 saturated carbocycles. The van der Waals surface area contributed by atoms with Gasteiger partial charge in [0.2, 0.25) is 0 Å². The second kappa shape index (κ2) is 7.18. The van der Waals surface area contributed by atoms with Gasteiger partial charge in [0.25, 0.3) is 0 Å². The van der Waals surface area contributed by atoms with Gasteiger partial charge in [-0.05, 0) is 43.0 Å². The molecule has 0 unspecified atom stereocenters. The summed E-state index contributed by atoms with van der Waals surface area (Å²) in [6.45, 7) is 7.56. The second-order valence-corrected chi connectivity index (χ2v) is 7.29. The lowest BCUT2D eigenvalue weighted by molar-refractivity contribution is 0.606. The van der Waals surface area contributed by atoms with Crippen LogP contribution in [0.5, 0.6) is 0 Å². The molecule has 0 bridgehead atoms. The topological polar surface area (TPSA) is 32.6 Å². The molecule has 4 heteroatoms. The van der Waals surface area contributed by atoms with Gasteiger partial charge in [-0.25, -0.2) is 4.98 Å². The maximum absolute atomic E-state index is 4.88. The van der Waals surface area contributed by atoms with Gasteiger partial charge in [0.15, 0.2) is 0 Å². The lowest BCUT2D eigenvalue weighted by atomic mass is 10.1. The minimum absolute atomic E-state index is 0.677. The van der Waals surface area contributed by atoms with Crippen LogP contribution in [0.3, 0.4) is 0 Å². The summed E-state index contributed by atoms with van der Waals surface area (Å²) in [4.78, 5) is 6.99. The minimum Gasteiger partial charge on any atom is -0.378 e. The van der Waals surface area contributed by atoms with Crippen LogP contribution in [0.1, 0.15) is 25.8 Å². The number of hydrogen-bond acceptors (Lipinski definition) is 3. The van der Waals surface area contributed by atoms with Gasteiger partial charge in [-0.1, -0.05) is 32.0 Å². The van der Waals surface area contributed by atoms with Crippen LogP contribution in [-0.2, 0) is 0 Å². The first-order valence-corrected chi connectivity index (χ1v) is 8.96. The summed E-state index contributed by atoms with van der Waals surface area (Å²) >= 11 is 0. The van der Waals surface area contributed by atoms with Gasteiger partial charge in [0, 0.05) is 38.1 Å². The van der Waals surface area contributed by atoms with E-state index in [1.54, 1.807) is 0 Å². The zero-order chi connectivity index (χ0) is 18.0. The molecule has 0 atom stereocenters. The lowest BCUT2D eigenvalue weighted by Gasteiger charge is -2.13. The van der Waals surface area contributed by atoms with Gasteiger partial charge in [-0.2, -0.15) is 0 Å². The molecule has 0 fully saturated rings. The lowest BCUT2D eigenvalue weighted by Crippen LogP contribution is -2.08. The maximum atomic E-state index is 4.88. The Morgan fingerprint density at radius 2 is 1.80 bits per heavy atom. The molecule has 132 valence electrons. The monoisotopic (exact) mass is 336 g/mol. The van der Waals surface area contributed by atoms with E-state index in [1.807, 2.05) is 0 Å². The molecule has 1 N–H and O–H groups in total. The van der Waals surface area contributed by atoms with Crippen LogP contribution in [0, 0.1) is 12.8 Å². The molecule has 25 heavy (non-hydrogen) atoms. The van der Waals surface area contributed by atoms with Crippen molar-refractivity contribution in [3.63, 3.8) is 0 Å². The Balaban J connectivity index is 2.03. The third-order valence-electron chi connectivity index (χ3n) is 4.44. The first-order valence-electron chi connectivity index (χ1n) is 8.96. The SMILES string of the molecule is Cc1ccc2nc(-c3ccc(N(C)C)cc3)c(NCCC(C)C)n2c1. The highest BCUT2D eigenvalue weighted by atomic mass is 15.1. The van der Waals surface area contributed by atoms with Crippen molar-refractivity contribution in [2.45, 2.75) is 27.2 Å². The number of benzene rings is 1. The molecule has 3 rings (SSSR count). The molecular weight excluding hydrogens is 308 g/mol. The van der Waals surface area contributed by atoms with Crippen LogP contribution in [0.15, 0.2) is 42.6 Å². The molecule has 4 nitrogen and oxygen atoms in total. The van der Waals surface area contributed by atoms with Crippen LogP contribution in [-0.4, -0.2) is 30.0 Å². The molecular formula is C21H28N4. The van der Waals surface area contributed by atoms with E-state index < -0.39 is 0 Å². The van der Waals surface area contributed by atoms with Crippen molar-refractivity contribution in [1.82, 2.24) is 9.38 Å². The molecule has 0 saturated heterocycles. The van der Waals surface area contributed by atoms with E-state index in [1.165, 1.54) is 11.3 Å². The fraction of sp³-hybridized carbons (Fsp3) is 0.381. The Kier molecular flexibility index (Phi) is 4.98. The highest BCUT2D eigenvalue weighted by Gasteiger charge is 2.14. The number of rotatable bonds is 6. The average Bonchev–Trinajstić information content (AvgIpc) is 2.92. The quantitative estimate of drug-likeness (QED) is 0.699. The van der Waals surface area contributed by atoms with Crippen molar-refractivity contribution < 1.29 is 0 Å². The number of imidazole rings is 1. The van der Waals surface area contributed by atoms with Gasteiger partial charge < -0.3 is 10.2 Å². The number of fused-ring (bicyclic) bond motifs is 1. The van der Waals surface area contributed by atoms with Gasteiger partial charge in [0.05, 0.1) is 0 Å². The number of aryl methyl sites for hydroxylation is 1. The number of nitrogens with one attached hydrogen (secondary N) is 1. The second-order valence-electron chi connectivity index (χ2n) is 7.29. The normalized spacial score (nSPS) is 11.3. The van der Waals surface area contributed by atoms with Crippen molar-refractivity contribution in [3.05, 3.63) is 48.2 Å². The number of hydrogen-bond donors (Lipinski definition) is 1. The summed E-state index contributed by atoms with van der Waals surface area (Å²) in [6, 6.07) is 12.8. The third-order valence-corrected chi connectivity index (χ3v) is 4.44. The van der Waals surface area contributed by atoms with Gasteiger partial charge in [0.1, 0.15) is 17.2 Å². The van der Waals surface area contributed by atoms with Crippen LogP contribution in [0.2, 0.25) is 0 Å². The van der Waals surface area contributed by atoms with Crippen LogP contribution in [0.25, 0.3) is 16.9 Å². The summed E-state index contributed by atoms with van der Waals surface area (Å²) in [5.41, 5.74) is 5.55. The first-order chi connectivity index (χ1) is 12.0. The molecule has 0 aliphatic rings. The van der Waals surface area contributed by atoms with Crippen LogP contribution >= 0.6 is 0 Å². The molecule has 0 aliphatic heterocycles. The highest BCUT2D eigenvalue weighted by Crippen LogP contribution is 2.30. The van der Waals surface area contributed by atoms with E-state index >= 15 is 0 Å². The minimum atomic E-state index is 0.677. The fourth-order valence-electron chi connectivity index (χ4n) is 2.92. The summed E-state index contributed by atoms with van der Waals surface area (Å²) in [5.74, 6) is 1.76. The van der Waals surface area contributed by atoms with E-state index in [0.717, 1.165) is 35.7 Å². The summed E-state index contributed by atoms with van der Waals surface area (Å²) < 4.78 is 2.17. The Morgan fingerprint density at radius 1 is 1.08 bits per heavy atom. The smallest absolute Gasteiger partial charge is 0.139 e. The van der Waals surface area contributed by atoms with E-state index in [-0.39, 0.29) is 0 Å².